The zero-order valence-corrected chi connectivity index (χ0v) is 15.5. The van der Waals surface area contributed by atoms with Gasteiger partial charge in [-0.2, -0.15) is 0 Å². The molecule has 25 heavy (non-hydrogen) atoms. The van der Waals surface area contributed by atoms with E-state index in [1.165, 1.54) is 16.6 Å². The van der Waals surface area contributed by atoms with E-state index in [0.717, 1.165) is 24.4 Å². The Labute approximate surface area is 149 Å². The van der Waals surface area contributed by atoms with Crippen LogP contribution in [0.5, 0.6) is 0 Å². The van der Waals surface area contributed by atoms with Crippen LogP contribution in [0.15, 0.2) is 48.5 Å². The van der Waals surface area contributed by atoms with Crippen molar-refractivity contribution in [3.05, 3.63) is 65.5 Å². The zero-order valence-electron chi connectivity index (χ0n) is 15.5. The van der Waals surface area contributed by atoms with Crippen LogP contribution in [0.3, 0.4) is 0 Å². The van der Waals surface area contributed by atoms with E-state index in [-0.39, 0.29) is 5.60 Å². The van der Waals surface area contributed by atoms with E-state index in [4.69, 9.17) is 9.72 Å². The Balaban J connectivity index is 1.59. The highest BCUT2D eigenvalue weighted by atomic mass is 16.5. The van der Waals surface area contributed by atoms with Crippen LogP contribution < -0.4 is 5.32 Å². The number of aromatic nitrogens is 2. The molecular weight excluding hydrogens is 310 g/mol. The largest absolute Gasteiger partial charge is 0.371 e. The predicted octanol–water partition coefficient (Wildman–Crippen LogP) is 4.18. The van der Waals surface area contributed by atoms with Crippen molar-refractivity contribution >= 4 is 11.0 Å². The molecule has 0 aliphatic carbocycles. The fraction of sp³-hybridized carbons (Fsp3) is 0.381. The van der Waals surface area contributed by atoms with Crippen molar-refractivity contribution in [2.45, 2.75) is 46.1 Å². The Kier molecular flexibility index (Phi) is 5.21. The molecule has 132 valence electrons. The minimum atomic E-state index is -0.117. The maximum absolute atomic E-state index is 5.86. The van der Waals surface area contributed by atoms with Gasteiger partial charge in [0, 0.05) is 13.6 Å². The molecule has 2 aromatic carbocycles. The molecule has 1 aromatic heterocycles. The van der Waals surface area contributed by atoms with Gasteiger partial charge in [-0.25, -0.2) is 4.98 Å². The zero-order chi connectivity index (χ0) is 17.9. The first-order valence-corrected chi connectivity index (χ1v) is 8.75. The molecule has 0 unspecified atom stereocenters. The molecule has 0 fully saturated rings. The van der Waals surface area contributed by atoms with Gasteiger partial charge >= 0.3 is 0 Å². The van der Waals surface area contributed by atoms with Crippen molar-refractivity contribution in [1.82, 2.24) is 14.9 Å². The van der Waals surface area contributed by atoms with E-state index in [2.05, 4.69) is 74.1 Å². The van der Waals surface area contributed by atoms with E-state index in [0.29, 0.717) is 6.61 Å². The SMILES string of the molecule is Cn1c(CNCc2cccc(COC(C)(C)C)c2)nc2ccccc21. The highest BCUT2D eigenvalue weighted by molar-refractivity contribution is 5.75. The summed E-state index contributed by atoms with van der Waals surface area (Å²) in [5.74, 6) is 1.05. The molecule has 0 aliphatic rings. The molecule has 4 nitrogen and oxygen atoms in total. The third kappa shape index (κ3) is 4.68. The summed E-state index contributed by atoms with van der Waals surface area (Å²) >= 11 is 0. The van der Waals surface area contributed by atoms with E-state index in [9.17, 15) is 0 Å². The van der Waals surface area contributed by atoms with Crippen LogP contribution in [0.4, 0.5) is 0 Å². The number of benzene rings is 2. The normalized spacial score (nSPS) is 12.0. The number of rotatable bonds is 6. The molecule has 3 rings (SSSR count). The van der Waals surface area contributed by atoms with Crippen LogP contribution in [-0.4, -0.2) is 15.2 Å². The quantitative estimate of drug-likeness (QED) is 0.733. The van der Waals surface area contributed by atoms with Crippen molar-refractivity contribution < 1.29 is 4.74 Å². The van der Waals surface area contributed by atoms with Crippen molar-refractivity contribution in [3.8, 4) is 0 Å². The summed E-state index contributed by atoms with van der Waals surface area (Å²) < 4.78 is 8.01. The van der Waals surface area contributed by atoms with Crippen molar-refractivity contribution in [2.24, 2.45) is 7.05 Å². The molecule has 0 amide bonds. The van der Waals surface area contributed by atoms with Crippen LogP contribution in [-0.2, 0) is 31.5 Å². The van der Waals surface area contributed by atoms with Gasteiger partial charge in [-0.05, 0) is 44.0 Å². The molecule has 0 spiro atoms. The third-order valence-electron chi connectivity index (χ3n) is 4.16. The summed E-state index contributed by atoms with van der Waals surface area (Å²) in [6, 6.07) is 16.8. The van der Waals surface area contributed by atoms with Crippen LogP contribution >= 0.6 is 0 Å². The first-order chi connectivity index (χ1) is 11.9. The van der Waals surface area contributed by atoms with Gasteiger partial charge in [0.05, 0.1) is 29.8 Å². The van der Waals surface area contributed by atoms with E-state index in [1.54, 1.807) is 0 Å². The second-order valence-electron chi connectivity index (χ2n) is 7.40. The minimum absolute atomic E-state index is 0.117. The summed E-state index contributed by atoms with van der Waals surface area (Å²) in [4.78, 5) is 4.70. The summed E-state index contributed by atoms with van der Waals surface area (Å²) in [6.45, 7) is 8.43. The van der Waals surface area contributed by atoms with Crippen molar-refractivity contribution in [1.29, 1.82) is 0 Å². The van der Waals surface area contributed by atoms with E-state index >= 15 is 0 Å². The van der Waals surface area contributed by atoms with Crippen molar-refractivity contribution in [3.63, 3.8) is 0 Å². The lowest BCUT2D eigenvalue weighted by Crippen LogP contribution is -2.19. The van der Waals surface area contributed by atoms with Crippen molar-refractivity contribution in [2.75, 3.05) is 0 Å². The highest BCUT2D eigenvalue weighted by Gasteiger charge is 2.10. The maximum Gasteiger partial charge on any atom is 0.123 e. The number of hydrogen-bond acceptors (Lipinski definition) is 3. The summed E-state index contributed by atoms with van der Waals surface area (Å²) in [7, 11) is 2.07. The lowest BCUT2D eigenvalue weighted by atomic mass is 10.1. The average Bonchev–Trinajstić information content (AvgIpc) is 2.90. The molecule has 3 aromatic rings. The molecule has 1 N–H and O–H groups in total. The van der Waals surface area contributed by atoms with Gasteiger partial charge in [-0.3, -0.25) is 0 Å². The smallest absolute Gasteiger partial charge is 0.123 e. The molecule has 0 atom stereocenters. The van der Waals surface area contributed by atoms with Gasteiger partial charge in [-0.15, -0.1) is 0 Å². The molecule has 0 aliphatic heterocycles. The summed E-state index contributed by atoms with van der Waals surface area (Å²) in [5, 5.41) is 3.50. The molecule has 0 saturated carbocycles. The molecule has 0 saturated heterocycles. The summed E-state index contributed by atoms with van der Waals surface area (Å²) in [6.07, 6.45) is 0. The van der Waals surface area contributed by atoms with Gasteiger partial charge in [0.2, 0.25) is 0 Å². The van der Waals surface area contributed by atoms with E-state index < -0.39 is 0 Å². The third-order valence-corrected chi connectivity index (χ3v) is 4.16. The van der Waals surface area contributed by atoms with Crippen LogP contribution in [0.1, 0.15) is 37.7 Å². The van der Waals surface area contributed by atoms with Crippen LogP contribution in [0.2, 0.25) is 0 Å². The number of aryl methyl sites for hydroxylation is 1. The Morgan fingerprint density at radius 3 is 2.52 bits per heavy atom. The molecule has 4 heteroatoms. The Morgan fingerprint density at radius 2 is 1.76 bits per heavy atom. The summed E-state index contributed by atoms with van der Waals surface area (Å²) in [5.41, 5.74) is 4.56. The molecule has 0 bridgehead atoms. The van der Waals surface area contributed by atoms with Crippen LogP contribution in [0.25, 0.3) is 11.0 Å². The number of nitrogens with zero attached hydrogens (tertiary/aromatic N) is 2. The fourth-order valence-corrected chi connectivity index (χ4v) is 2.80. The first-order valence-electron chi connectivity index (χ1n) is 8.75. The number of para-hydroxylation sites is 2. The average molecular weight is 337 g/mol. The molecular formula is C21H27N3O. The fourth-order valence-electron chi connectivity index (χ4n) is 2.80. The van der Waals surface area contributed by atoms with Gasteiger partial charge < -0.3 is 14.6 Å². The first kappa shape index (κ1) is 17.6. The van der Waals surface area contributed by atoms with Crippen LogP contribution in [0, 0.1) is 0 Å². The number of nitrogens with one attached hydrogen (secondary N) is 1. The van der Waals surface area contributed by atoms with E-state index in [1.807, 2.05) is 12.1 Å². The maximum atomic E-state index is 5.86. The lowest BCUT2D eigenvalue weighted by molar-refractivity contribution is -0.0149. The molecule has 0 radical (unpaired) electrons. The highest BCUT2D eigenvalue weighted by Crippen LogP contribution is 2.15. The Hall–Kier alpha value is -2.17. The number of fused-ring (bicyclic) bond motifs is 1. The minimum Gasteiger partial charge on any atom is -0.371 e. The van der Waals surface area contributed by atoms with Gasteiger partial charge in [0.1, 0.15) is 5.82 Å². The monoisotopic (exact) mass is 337 g/mol. The van der Waals surface area contributed by atoms with Gasteiger partial charge in [0.25, 0.3) is 0 Å². The predicted molar refractivity (Wildman–Crippen MR) is 102 cm³/mol. The van der Waals surface area contributed by atoms with Gasteiger partial charge in [-0.1, -0.05) is 36.4 Å². The standard InChI is InChI=1S/C21H27N3O/c1-21(2,3)25-15-17-9-7-8-16(12-17)13-22-14-20-23-18-10-5-6-11-19(18)24(20)4/h5-12,22H,13-15H2,1-4H3. The number of hydrogen-bond donors (Lipinski definition) is 1. The Bertz CT molecular complexity index is 846. The lowest BCUT2D eigenvalue weighted by Gasteiger charge is -2.19. The second-order valence-corrected chi connectivity index (χ2v) is 7.40. The van der Waals surface area contributed by atoms with Gasteiger partial charge in [0.15, 0.2) is 0 Å². The second kappa shape index (κ2) is 7.38. The topological polar surface area (TPSA) is 39.1 Å². The Morgan fingerprint density at radius 1 is 1.00 bits per heavy atom. The molecule has 1 heterocycles. The number of imidazole rings is 1. The number of ether oxygens (including phenoxy) is 1.